The van der Waals surface area contributed by atoms with Crippen molar-refractivity contribution in [1.82, 2.24) is 15.5 Å². The molecular formula is C14H12ClN3OS. The number of hydrogen-bond acceptors (Lipinski definition) is 5. The van der Waals surface area contributed by atoms with Gasteiger partial charge in [-0.1, -0.05) is 41.9 Å². The van der Waals surface area contributed by atoms with Gasteiger partial charge in [0.1, 0.15) is 6.04 Å². The van der Waals surface area contributed by atoms with Gasteiger partial charge in [-0.3, -0.25) is 0 Å². The summed E-state index contributed by atoms with van der Waals surface area (Å²) >= 11 is 7.34. The Morgan fingerprint density at radius 2 is 1.95 bits per heavy atom. The maximum absolute atomic E-state index is 5.92. The molecule has 4 nitrogen and oxygen atoms in total. The third kappa shape index (κ3) is 2.60. The first-order chi connectivity index (χ1) is 9.78. The van der Waals surface area contributed by atoms with Crippen molar-refractivity contribution in [3.05, 3.63) is 58.3 Å². The molecule has 102 valence electrons. The summed E-state index contributed by atoms with van der Waals surface area (Å²) in [5, 5.41) is 11.4. The SMILES string of the molecule is CNC(c1ccccc1)c1nnc(-c2ccc(Cl)s2)o1. The molecule has 0 saturated heterocycles. The van der Waals surface area contributed by atoms with Gasteiger partial charge in [0.2, 0.25) is 5.89 Å². The van der Waals surface area contributed by atoms with Crippen molar-refractivity contribution in [2.24, 2.45) is 0 Å². The number of aromatic nitrogens is 2. The van der Waals surface area contributed by atoms with Gasteiger partial charge >= 0.3 is 0 Å². The van der Waals surface area contributed by atoms with Crippen LogP contribution in [-0.2, 0) is 0 Å². The summed E-state index contributed by atoms with van der Waals surface area (Å²) in [7, 11) is 1.86. The quantitative estimate of drug-likeness (QED) is 0.797. The van der Waals surface area contributed by atoms with E-state index in [0.29, 0.717) is 16.1 Å². The van der Waals surface area contributed by atoms with Crippen molar-refractivity contribution >= 4 is 22.9 Å². The minimum Gasteiger partial charge on any atom is -0.418 e. The lowest BCUT2D eigenvalue weighted by Gasteiger charge is -2.11. The van der Waals surface area contributed by atoms with E-state index in [1.165, 1.54) is 11.3 Å². The zero-order valence-electron chi connectivity index (χ0n) is 10.7. The normalized spacial score (nSPS) is 12.5. The Bertz CT molecular complexity index is 695. The van der Waals surface area contributed by atoms with Crippen LogP contribution in [0.5, 0.6) is 0 Å². The summed E-state index contributed by atoms with van der Waals surface area (Å²) in [6.07, 6.45) is 0. The highest BCUT2D eigenvalue weighted by Gasteiger charge is 2.19. The van der Waals surface area contributed by atoms with Crippen LogP contribution in [0.1, 0.15) is 17.5 Å². The van der Waals surface area contributed by atoms with Gasteiger partial charge in [-0.2, -0.15) is 0 Å². The Kier molecular flexibility index (Phi) is 3.82. The number of benzene rings is 1. The Balaban J connectivity index is 1.92. The van der Waals surface area contributed by atoms with Gasteiger partial charge in [-0.15, -0.1) is 21.5 Å². The van der Waals surface area contributed by atoms with Crippen LogP contribution in [0.3, 0.4) is 0 Å². The van der Waals surface area contributed by atoms with E-state index in [4.69, 9.17) is 16.0 Å². The van der Waals surface area contributed by atoms with Crippen LogP contribution in [0.15, 0.2) is 46.9 Å². The molecule has 0 saturated carbocycles. The lowest BCUT2D eigenvalue weighted by Crippen LogP contribution is -2.17. The van der Waals surface area contributed by atoms with E-state index < -0.39 is 0 Å². The van der Waals surface area contributed by atoms with E-state index in [1.807, 2.05) is 49.5 Å². The molecule has 0 aliphatic rings. The Morgan fingerprint density at radius 3 is 2.60 bits per heavy atom. The van der Waals surface area contributed by atoms with Crippen LogP contribution in [0.4, 0.5) is 0 Å². The van der Waals surface area contributed by atoms with Crippen LogP contribution < -0.4 is 5.32 Å². The summed E-state index contributed by atoms with van der Waals surface area (Å²) in [4.78, 5) is 0.872. The molecule has 2 heterocycles. The molecule has 1 aromatic carbocycles. The first-order valence-corrected chi connectivity index (χ1v) is 7.28. The van der Waals surface area contributed by atoms with E-state index >= 15 is 0 Å². The summed E-state index contributed by atoms with van der Waals surface area (Å²) < 4.78 is 6.46. The van der Waals surface area contributed by atoms with E-state index in [9.17, 15) is 0 Å². The number of rotatable bonds is 4. The van der Waals surface area contributed by atoms with Crippen molar-refractivity contribution in [2.75, 3.05) is 7.05 Å². The lowest BCUT2D eigenvalue weighted by molar-refractivity contribution is 0.456. The molecule has 6 heteroatoms. The third-order valence-corrected chi connectivity index (χ3v) is 4.11. The van der Waals surface area contributed by atoms with Crippen LogP contribution in [-0.4, -0.2) is 17.2 Å². The maximum atomic E-state index is 5.92. The summed E-state index contributed by atoms with van der Waals surface area (Å²) in [5.41, 5.74) is 1.08. The van der Waals surface area contributed by atoms with Gasteiger partial charge in [-0.05, 0) is 24.7 Å². The average molecular weight is 306 g/mol. The number of nitrogens with zero attached hydrogens (tertiary/aromatic N) is 2. The maximum Gasteiger partial charge on any atom is 0.257 e. The fraction of sp³-hybridized carbons (Fsp3) is 0.143. The van der Waals surface area contributed by atoms with E-state index in [2.05, 4.69) is 15.5 Å². The second-order valence-corrected chi connectivity index (χ2v) is 5.90. The molecule has 0 radical (unpaired) electrons. The van der Waals surface area contributed by atoms with Gasteiger partial charge in [0.25, 0.3) is 5.89 Å². The summed E-state index contributed by atoms with van der Waals surface area (Å²) in [6.45, 7) is 0. The third-order valence-electron chi connectivity index (χ3n) is 2.89. The van der Waals surface area contributed by atoms with Gasteiger partial charge < -0.3 is 9.73 Å². The predicted octanol–water partition coefficient (Wildman–Crippen LogP) is 3.76. The van der Waals surface area contributed by atoms with Crippen LogP contribution in [0.2, 0.25) is 4.34 Å². The first-order valence-electron chi connectivity index (χ1n) is 6.09. The highest BCUT2D eigenvalue weighted by atomic mass is 35.5. The molecule has 0 bridgehead atoms. The second kappa shape index (κ2) is 5.75. The van der Waals surface area contributed by atoms with Crippen molar-refractivity contribution < 1.29 is 4.42 Å². The molecule has 3 aromatic rings. The number of nitrogens with one attached hydrogen (secondary N) is 1. The molecule has 0 aliphatic carbocycles. The standard InChI is InChI=1S/C14H12ClN3OS/c1-16-12(9-5-3-2-4-6-9)14-18-17-13(19-14)10-7-8-11(15)20-10/h2-8,12,16H,1H3. The van der Waals surface area contributed by atoms with Gasteiger partial charge in [0, 0.05) is 0 Å². The average Bonchev–Trinajstić information content (AvgIpc) is 3.10. The van der Waals surface area contributed by atoms with Crippen molar-refractivity contribution in [3.8, 4) is 10.8 Å². The summed E-state index contributed by atoms with van der Waals surface area (Å²) in [6, 6.07) is 13.6. The first kappa shape index (κ1) is 13.3. The predicted molar refractivity (Wildman–Crippen MR) is 80.0 cm³/mol. The second-order valence-electron chi connectivity index (χ2n) is 4.18. The summed E-state index contributed by atoms with van der Waals surface area (Å²) in [5.74, 6) is 1.03. The van der Waals surface area contributed by atoms with E-state index in [-0.39, 0.29) is 6.04 Å². The molecule has 1 atom stereocenters. The van der Waals surface area contributed by atoms with E-state index in [1.54, 1.807) is 0 Å². The monoisotopic (exact) mass is 305 g/mol. The van der Waals surface area contributed by atoms with E-state index in [0.717, 1.165) is 10.4 Å². The van der Waals surface area contributed by atoms with Crippen LogP contribution in [0.25, 0.3) is 10.8 Å². The van der Waals surface area contributed by atoms with Crippen molar-refractivity contribution in [1.29, 1.82) is 0 Å². The van der Waals surface area contributed by atoms with Crippen LogP contribution in [0, 0.1) is 0 Å². The molecule has 1 unspecified atom stereocenters. The zero-order chi connectivity index (χ0) is 13.9. The fourth-order valence-electron chi connectivity index (χ4n) is 1.96. The topological polar surface area (TPSA) is 51.0 Å². The number of thiophene rings is 1. The lowest BCUT2D eigenvalue weighted by atomic mass is 10.1. The molecule has 0 amide bonds. The highest BCUT2D eigenvalue weighted by Crippen LogP contribution is 2.31. The molecule has 1 N–H and O–H groups in total. The van der Waals surface area contributed by atoms with Crippen molar-refractivity contribution in [3.63, 3.8) is 0 Å². The molecule has 3 rings (SSSR count). The van der Waals surface area contributed by atoms with Gasteiger partial charge in [0.15, 0.2) is 0 Å². The Labute approximate surface area is 125 Å². The zero-order valence-corrected chi connectivity index (χ0v) is 12.3. The highest BCUT2D eigenvalue weighted by molar-refractivity contribution is 7.19. The number of halogens is 1. The molecule has 2 aromatic heterocycles. The molecule has 0 spiro atoms. The molecule has 0 fully saturated rings. The smallest absolute Gasteiger partial charge is 0.257 e. The largest absolute Gasteiger partial charge is 0.418 e. The van der Waals surface area contributed by atoms with Crippen molar-refractivity contribution in [2.45, 2.75) is 6.04 Å². The molecular weight excluding hydrogens is 294 g/mol. The van der Waals surface area contributed by atoms with Gasteiger partial charge in [0.05, 0.1) is 9.21 Å². The minimum absolute atomic E-state index is 0.118. The van der Waals surface area contributed by atoms with Gasteiger partial charge in [-0.25, -0.2) is 0 Å². The molecule has 20 heavy (non-hydrogen) atoms. The molecule has 0 aliphatic heterocycles. The minimum atomic E-state index is -0.118. The van der Waals surface area contributed by atoms with Crippen LogP contribution >= 0.6 is 22.9 Å². The Morgan fingerprint density at radius 1 is 1.15 bits per heavy atom. The Hall–Kier alpha value is -1.69. The fourth-order valence-corrected chi connectivity index (χ4v) is 2.92. The number of hydrogen-bond donors (Lipinski definition) is 1.